The molecule has 3 aromatic rings. The van der Waals surface area contributed by atoms with E-state index in [1.165, 1.54) is 41.7 Å². The number of nitrogens with zero attached hydrogens (tertiary/aromatic N) is 2. The van der Waals surface area contributed by atoms with Crippen LogP contribution in [0.4, 0.5) is 28.4 Å². The quantitative estimate of drug-likeness (QED) is 0.581. The molecular weight excluding hydrogens is 406 g/mol. The number of hydrogen-bond donors (Lipinski definition) is 1. The number of rotatable bonds is 3. The summed E-state index contributed by atoms with van der Waals surface area (Å²) in [4.78, 5) is 19.1. The Hall–Kier alpha value is -2.68. The Kier molecular flexibility index (Phi) is 5.16. The number of halogens is 4. The Morgan fingerprint density at radius 2 is 2.00 bits per heavy atom. The van der Waals surface area contributed by atoms with Gasteiger partial charge in [-0.2, -0.15) is 13.2 Å². The molecule has 0 aliphatic carbocycles. The molecule has 1 amide bonds. The zero-order valence-electron chi connectivity index (χ0n) is 15.2. The van der Waals surface area contributed by atoms with E-state index in [-0.39, 0.29) is 11.5 Å². The molecular formula is C20H17F4N3OS. The summed E-state index contributed by atoms with van der Waals surface area (Å²) in [6.07, 6.45) is -3.25. The van der Waals surface area contributed by atoms with E-state index in [9.17, 15) is 22.4 Å². The third kappa shape index (κ3) is 4.19. The van der Waals surface area contributed by atoms with Crippen LogP contribution < -0.4 is 10.2 Å². The number of carbonyl (C=O) groups excluding carboxylic acids is 1. The first-order valence-electron chi connectivity index (χ1n) is 9.09. The van der Waals surface area contributed by atoms with Crippen molar-refractivity contribution in [2.45, 2.75) is 19.0 Å². The highest BCUT2D eigenvalue weighted by Crippen LogP contribution is 2.36. The predicted molar refractivity (Wildman–Crippen MR) is 105 cm³/mol. The number of alkyl halides is 3. The van der Waals surface area contributed by atoms with Crippen molar-refractivity contribution in [2.75, 3.05) is 23.3 Å². The van der Waals surface area contributed by atoms with Crippen molar-refractivity contribution in [2.24, 2.45) is 5.92 Å². The van der Waals surface area contributed by atoms with Crippen LogP contribution in [0.5, 0.6) is 0 Å². The number of para-hydroxylation sites is 1. The number of amides is 1. The lowest BCUT2D eigenvalue weighted by Gasteiger charge is -2.31. The van der Waals surface area contributed by atoms with Crippen molar-refractivity contribution in [3.8, 4) is 0 Å². The maximum Gasteiger partial charge on any atom is 0.418 e. The second kappa shape index (κ2) is 7.62. The van der Waals surface area contributed by atoms with Gasteiger partial charge in [-0.05, 0) is 43.2 Å². The monoisotopic (exact) mass is 423 g/mol. The average molecular weight is 423 g/mol. The smallest absolute Gasteiger partial charge is 0.347 e. The number of fused-ring (bicyclic) bond motifs is 1. The number of hydrogen-bond acceptors (Lipinski definition) is 4. The topological polar surface area (TPSA) is 45.2 Å². The molecule has 0 radical (unpaired) electrons. The molecule has 9 heteroatoms. The Morgan fingerprint density at radius 3 is 2.79 bits per heavy atom. The number of nitrogens with one attached hydrogen (secondary N) is 1. The molecule has 2 aromatic carbocycles. The zero-order chi connectivity index (χ0) is 20.6. The summed E-state index contributed by atoms with van der Waals surface area (Å²) in [5, 5.41) is 3.12. The molecule has 1 N–H and O–H groups in total. The van der Waals surface area contributed by atoms with Gasteiger partial charge in [0.05, 0.1) is 27.4 Å². The van der Waals surface area contributed by atoms with Crippen LogP contribution in [0.1, 0.15) is 18.4 Å². The van der Waals surface area contributed by atoms with Crippen LogP contribution in [-0.2, 0) is 11.0 Å². The molecule has 1 unspecified atom stereocenters. The first-order chi connectivity index (χ1) is 13.8. The highest BCUT2D eigenvalue weighted by atomic mass is 32.1. The summed E-state index contributed by atoms with van der Waals surface area (Å²) in [7, 11) is 0. The average Bonchev–Trinajstić information content (AvgIpc) is 3.11. The molecule has 1 aliphatic heterocycles. The molecule has 2 heterocycles. The van der Waals surface area contributed by atoms with E-state index < -0.39 is 23.6 Å². The van der Waals surface area contributed by atoms with Crippen LogP contribution in [0.15, 0.2) is 42.5 Å². The van der Waals surface area contributed by atoms with Crippen molar-refractivity contribution in [1.82, 2.24) is 4.98 Å². The molecule has 1 saturated heterocycles. The minimum atomic E-state index is -4.54. The number of thiazole rings is 1. The van der Waals surface area contributed by atoms with E-state index in [1.807, 2.05) is 4.90 Å². The van der Waals surface area contributed by atoms with Gasteiger partial charge >= 0.3 is 6.18 Å². The van der Waals surface area contributed by atoms with Crippen molar-refractivity contribution >= 4 is 38.3 Å². The minimum Gasteiger partial charge on any atom is -0.347 e. The number of piperidine rings is 1. The standard InChI is InChI=1S/C20H17F4N3OS/c21-13-7-8-16-17(10-13)29-19(26-16)27-9-3-4-12(11-27)18(28)25-15-6-2-1-5-14(15)20(22,23)24/h1-2,5-8,10,12H,3-4,9,11H2,(H,25,28). The molecule has 0 saturated carbocycles. The number of aromatic nitrogens is 1. The summed E-state index contributed by atoms with van der Waals surface area (Å²) in [6.45, 7) is 1.04. The Balaban J connectivity index is 1.50. The van der Waals surface area contributed by atoms with Gasteiger partial charge in [0.2, 0.25) is 5.91 Å². The lowest BCUT2D eigenvalue weighted by molar-refractivity contribution is -0.137. The lowest BCUT2D eigenvalue weighted by Crippen LogP contribution is -2.40. The van der Waals surface area contributed by atoms with Crippen LogP contribution in [0.25, 0.3) is 10.2 Å². The Labute approximate surface area is 168 Å². The van der Waals surface area contributed by atoms with Gasteiger partial charge in [-0.1, -0.05) is 23.5 Å². The summed E-state index contributed by atoms with van der Waals surface area (Å²) >= 11 is 1.34. The third-order valence-electron chi connectivity index (χ3n) is 4.89. The summed E-state index contributed by atoms with van der Waals surface area (Å²) in [5.74, 6) is -1.25. The Bertz CT molecular complexity index is 1050. The van der Waals surface area contributed by atoms with Crippen LogP contribution in [0, 0.1) is 11.7 Å². The normalized spacial score (nSPS) is 17.5. The van der Waals surface area contributed by atoms with Crippen LogP contribution in [0.2, 0.25) is 0 Å². The van der Waals surface area contributed by atoms with E-state index in [4.69, 9.17) is 0 Å². The number of benzene rings is 2. The van der Waals surface area contributed by atoms with Crippen LogP contribution >= 0.6 is 11.3 Å². The van der Waals surface area contributed by atoms with Gasteiger partial charge in [-0.15, -0.1) is 0 Å². The largest absolute Gasteiger partial charge is 0.418 e. The molecule has 152 valence electrons. The first-order valence-corrected chi connectivity index (χ1v) is 9.91. The maximum absolute atomic E-state index is 13.4. The molecule has 1 aromatic heterocycles. The molecule has 0 spiro atoms. The SMILES string of the molecule is O=C(Nc1ccccc1C(F)(F)F)C1CCCN(c2nc3ccc(F)cc3s2)C1. The van der Waals surface area contributed by atoms with Gasteiger partial charge in [-0.3, -0.25) is 4.79 Å². The third-order valence-corrected chi connectivity index (χ3v) is 5.97. The van der Waals surface area contributed by atoms with Gasteiger partial charge in [0, 0.05) is 13.1 Å². The van der Waals surface area contributed by atoms with Crippen molar-refractivity contribution in [1.29, 1.82) is 0 Å². The van der Waals surface area contributed by atoms with Gasteiger partial charge in [0.15, 0.2) is 5.13 Å². The summed E-state index contributed by atoms with van der Waals surface area (Å²) < 4.78 is 53.6. The molecule has 1 atom stereocenters. The second-order valence-electron chi connectivity index (χ2n) is 6.93. The van der Waals surface area contributed by atoms with Crippen LogP contribution in [-0.4, -0.2) is 24.0 Å². The molecule has 1 aliphatic rings. The molecule has 0 bridgehead atoms. The number of anilines is 2. The van der Waals surface area contributed by atoms with Gasteiger partial charge in [0.1, 0.15) is 5.82 Å². The fourth-order valence-corrected chi connectivity index (χ4v) is 4.49. The van der Waals surface area contributed by atoms with Gasteiger partial charge in [-0.25, -0.2) is 9.37 Å². The highest BCUT2D eigenvalue weighted by molar-refractivity contribution is 7.22. The number of carbonyl (C=O) groups is 1. The van der Waals surface area contributed by atoms with E-state index >= 15 is 0 Å². The van der Waals surface area contributed by atoms with E-state index in [1.54, 1.807) is 6.07 Å². The fourth-order valence-electron chi connectivity index (χ4n) is 3.46. The maximum atomic E-state index is 13.4. The molecule has 1 fully saturated rings. The van der Waals surface area contributed by atoms with E-state index in [0.717, 1.165) is 6.07 Å². The first kappa shape index (κ1) is 19.6. The van der Waals surface area contributed by atoms with Crippen molar-refractivity contribution in [3.05, 3.63) is 53.8 Å². The molecule has 4 nitrogen and oxygen atoms in total. The minimum absolute atomic E-state index is 0.238. The Morgan fingerprint density at radius 1 is 1.21 bits per heavy atom. The second-order valence-corrected chi connectivity index (χ2v) is 7.94. The fraction of sp³-hybridized carbons (Fsp3) is 0.300. The lowest BCUT2D eigenvalue weighted by atomic mass is 9.97. The van der Waals surface area contributed by atoms with Crippen LogP contribution in [0.3, 0.4) is 0 Å². The van der Waals surface area contributed by atoms with Gasteiger partial charge in [0.25, 0.3) is 0 Å². The van der Waals surface area contributed by atoms with Gasteiger partial charge < -0.3 is 10.2 Å². The summed E-state index contributed by atoms with van der Waals surface area (Å²) in [6, 6.07) is 9.31. The van der Waals surface area contributed by atoms with E-state index in [2.05, 4.69) is 10.3 Å². The highest BCUT2D eigenvalue weighted by Gasteiger charge is 2.34. The van der Waals surface area contributed by atoms with Crippen molar-refractivity contribution in [3.63, 3.8) is 0 Å². The van der Waals surface area contributed by atoms with E-state index in [0.29, 0.717) is 41.3 Å². The van der Waals surface area contributed by atoms with Crippen molar-refractivity contribution < 1.29 is 22.4 Å². The predicted octanol–water partition coefficient (Wildman–Crippen LogP) is 5.31. The molecule has 4 rings (SSSR count). The summed E-state index contributed by atoms with van der Waals surface area (Å²) in [5.41, 5.74) is -0.427. The zero-order valence-corrected chi connectivity index (χ0v) is 16.0. The molecule has 29 heavy (non-hydrogen) atoms.